The highest BCUT2D eigenvalue weighted by Crippen LogP contribution is 2.30. The molecule has 0 bridgehead atoms. The normalized spacial score (nSPS) is 33.0. The average Bonchev–Trinajstić information content (AvgIpc) is 2.16. The van der Waals surface area contributed by atoms with E-state index in [9.17, 15) is 4.79 Å². The molecule has 13 heavy (non-hydrogen) atoms. The van der Waals surface area contributed by atoms with Gasteiger partial charge in [0.15, 0.2) is 0 Å². The fourth-order valence-corrected chi connectivity index (χ4v) is 1.89. The van der Waals surface area contributed by atoms with Gasteiger partial charge >= 0.3 is 5.97 Å². The van der Waals surface area contributed by atoms with Crippen LogP contribution < -0.4 is 0 Å². The Labute approximate surface area is 78.4 Å². The van der Waals surface area contributed by atoms with E-state index >= 15 is 0 Å². The SMILES string of the molecule is COC(=O)[C@H]1[C@H](CO)CC=C[C@@H]1C. The van der Waals surface area contributed by atoms with Crippen LogP contribution in [0.2, 0.25) is 0 Å². The molecule has 1 rings (SSSR count). The molecular weight excluding hydrogens is 168 g/mol. The van der Waals surface area contributed by atoms with Crippen LogP contribution in [0, 0.1) is 17.8 Å². The number of carbonyl (C=O) groups excluding carboxylic acids is 1. The van der Waals surface area contributed by atoms with E-state index in [2.05, 4.69) is 0 Å². The molecule has 0 aromatic rings. The maximum Gasteiger partial charge on any atom is 0.309 e. The van der Waals surface area contributed by atoms with Gasteiger partial charge < -0.3 is 9.84 Å². The number of aliphatic hydroxyl groups is 1. The fourth-order valence-electron chi connectivity index (χ4n) is 1.89. The highest BCUT2D eigenvalue weighted by Gasteiger charge is 2.33. The van der Waals surface area contributed by atoms with Crippen LogP contribution in [0.5, 0.6) is 0 Å². The summed E-state index contributed by atoms with van der Waals surface area (Å²) in [5.74, 6) is -0.207. The number of aliphatic hydroxyl groups excluding tert-OH is 1. The maximum absolute atomic E-state index is 11.4. The number of ether oxygens (including phenoxy) is 1. The molecule has 1 aliphatic carbocycles. The van der Waals surface area contributed by atoms with E-state index in [-0.39, 0.29) is 30.3 Å². The summed E-state index contributed by atoms with van der Waals surface area (Å²) in [5.41, 5.74) is 0. The van der Waals surface area contributed by atoms with E-state index in [1.54, 1.807) is 0 Å². The first-order chi connectivity index (χ1) is 6.20. The monoisotopic (exact) mass is 184 g/mol. The number of methoxy groups -OCH3 is 1. The molecule has 0 fully saturated rings. The smallest absolute Gasteiger partial charge is 0.309 e. The number of esters is 1. The largest absolute Gasteiger partial charge is 0.469 e. The Morgan fingerprint density at radius 3 is 2.92 bits per heavy atom. The Morgan fingerprint density at radius 1 is 1.69 bits per heavy atom. The topological polar surface area (TPSA) is 46.5 Å². The van der Waals surface area contributed by atoms with Crippen LogP contribution in [0.25, 0.3) is 0 Å². The second kappa shape index (κ2) is 4.42. The van der Waals surface area contributed by atoms with Gasteiger partial charge in [-0.05, 0) is 18.3 Å². The van der Waals surface area contributed by atoms with E-state index in [1.807, 2.05) is 19.1 Å². The lowest BCUT2D eigenvalue weighted by Gasteiger charge is -2.29. The van der Waals surface area contributed by atoms with Crippen molar-refractivity contribution in [3.63, 3.8) is 0 Å². The van der Waals surface area contributed by atoms with Gasteiger partial charge in [-0.3, -0.25) is 4.79 Å². The van der Waals surface area contributed by atoms with Gasteiger partial charge in [0.2, 0.25) is 0 Å². The van der Waals surface area contributed by atoms with E-state index < -0.39 is 0 Å². The zero-order valence-electron chi connectivity index (χ0n) is 8.06. The highest BCUT2D eigenvalue weighted by molar-refractivity contribution is 5.73. The molecule has 3 atom stereocenters. The minimum absolute atomic E-state index is 0.0208. The average molecular weight is 184 g/mol. The van der Waals surface area contributed by atoms with Gasteiger partial charge in [-0.25, -0.2) is 0 Å². The molecule has 1 aliphatic rings. The van der Waals surface area contributed by atoms with Crippen LogP contribution >= 0.6 is 0 Å². The summed E-state index contributed by atoms with van der Waals surface area (Å²) in [4.78, 5) is 11.4. The predicted molar refractivity (Wildman–Crippen MR) is 49.0 cm³/mol. The number of hydrogen-bond donors (Lipinski definition) is 1. The van der Waals surface area contributed by atoms with Crippen LogP contribution in [0.4, 0.5) is 0 Å². The van der Waals surface area contributed by atoms with Crippen LogP contribution in [0.15, 0.2) is 12.2 Å². The molecule has 0 aromatic carbocycles. The summed E-state index contributed by atoms with van der Waals surface area (Å²) in [6.07, 6.45) is 4.79. The van der Waals surface area contributed by atoms with E-state index in [0.29, 0.717) is 0 Å². The zero-order valence-corrected chi connectivity index (χ0v) is 8.06. The molecule has 0 saturated carbocycles. The van der Waals surface area contributed by atoms with Gasteiger partial charge in [0.05, 0.1) is 13.0 Å². The molecule has 3 heteroatoms. The molecule has 0 heterocycles. The lowest BCUT2D eigenvalue weighted by Crippen LogP contribution is -2.33. The van der Waals surface area contributed by atoms with Gasteiger partial charge in [-0.2, -0.15) is 0 Å². The van der Waals surface area contributed by atoms with Crippen molar-refractivity contribution in [2.24, 2.45) is 17.8 Å². The van der Waals surface area contributed by atoms with E-state index in [4.69, 9.17) is 9.84 Å². The molecule has 0 aliphatic heterocycles. The third-order valence-electron chi connectivity index (χ3n) is 2.66. The molecule has 0 saturated heterocycles. The van der Waals surface area contributed by atoms with Gasteiger partial charge in [0, 0.05) is 6.61 Å². The van der Waals surface area contributed by atoms with E-state index in [1.165, 1.54) is 7.11 Å². The number of carbonyl (C=O) groups is 1. The molecular formula is C10H16O3. The second-order valence-electron chi connectivity index (χ2n) is 3.51. The Kier molecular flexibility index (Phi) is 3.48. The molecule has 3 nitrogen and oxygen atoms in total. The van der Waals surface area contributed by atoms with Crippen LogP contribution in [-0.4, -0.2) is 24.8 Å². The van der Waals surface area contributed by atoms with Gasteiger partial charge in [0.1, 0.15) is 0 Å². The molecule has 0 aromatic heterocycles. The summed E-state index contributed by atoms with van der Waals surface area (Å²) in [5, 5.41) is 9.08. The van der Waals surface area contributed by atoms with Crippen molar-refractivity contribution in [1.82, 2.24) is 0 Å². The van der Waals surface area contributed by atoms with Crippen molar-refractivity contribution < 1.29 is 14.6 Å². The summed E-state index contributed by atoms with van der Waals surface area (Å²) >= 11 is 0. The minimum atomic E-state index is -0.212. The summed E-state index contributed by atoms with van der Waals surface area (Å²) in [7, 11) is 1.39. The first kappa shape index (κ1) is 10.3. The van der Waals surface area contributed by atoms with Crippen LogP contribution in [-0.2, 0) is 9.53 Å². The van der Waals surface area contributed by atoms with Gasteiger partial charge in [0.25, 0.3) is 0 Å². The van der Waals surface area contributed by atoms with Crippen LogP contribution in [0.3, 0.4) is 0 Å². The van der Waals surface area contributed by atoms with Crippen molar-refractivity contribution in [3.05, 3.63) is 12.2 Å². The van der Waals surface area contributed by atoms with Crippen molar-refractivity contribution in [3.8, 4) is 0 Å². The molecule has 74 valence electrons. The highest BCUT2D eigenvalue weighted by atomic mass is 16.5. The fraction of sp³-hybridized carbons (Fsp3) is 0.700. The Hall–Kier alpha value is -0.830. The lowest BCUT2D eigenvalue weighted by atomic mass is 9.77. The lowest BCUT2D eigenvalue weighted by molar-refractivity contribution is -0.149. The van der Waals surface area contributed by atoms with Crippen molar-refractivity contribution in [2.75, 3.05) is 13.7 Å². The van der Waals surface area contributed by atoms with Crippen molar-refractivity contribution >= 4 is 5.97 Å². The van der Waals surface area contributed by atoms with Crippen molar-refractivity contribution in [2.45, 2.75) is 13.3 Å². The predicted octanol–water partition coefficient (Wildman–Crippen LogP) is 0.980. The Morgan fingerprint density at radius 2 is 2.38 bits per heavy atom. The summed E-state index contributed by atoms with van der Waals surface area (Å²) < 4.78 is 4.71. The van der Waals surface area contributed by atoms with Crippen LogP contribution in [0.1, 0.15) is 13.3 Å². The second-order valence-corrected chi connectivity index (χ2v) is 3.51. The third kappa shape index (κ3) is 2.10. The van der Waals surface area contributed by atoms with E-state index in [0.717, 1.165) is 6.42 Å². The first-order valence-electron chi connectivity index (χ1n) is 4.56. The molecule has 0 unspecified atom stereocenters. The third-order valence-corrected chi connectivity index (χ3v) is 2.66. The summed E-state index contributed by atoms with van der Waals surface area (Å²) in [6, 6.07) is 0. The molecule has 1 N–H and O–H groups in total. The standard InChI is InChI=1S/C10H16O3/c1-7-4-3-5-8(6-11)9(7)10(12)13-2/h3-4,7-9,11H,5-6H2,1-2H3/t7-,8-,9+/m0/s1. The molecule has 0 radical (unpaired) electrons. The first-order valence-corrected chi connectivity index (χ1v) is 4.56. The zero-order chi connectivity index (χ0) is 9.84. The molecule has 0 amide bonds. The molecule has 0 spiro atoms. The van der Waals surface area contributed by atoms with Gasteiger partial charge in [-0.1, -0.05) is 19.1 Å². The number of rotatable bonds is 2. The summed E-state index contributed by atoms with van der Waals surface area (Å²) in [6.45, 7) is 2.02. The van der Waals surface area contributed by atoms with Crippen molar-refractivity contribution in [1.29, 1.82) is 0 Å². The number of allylic oxidation sites excluding steroid dienone is 2. The van der Waals surface area contributed by atoms with Gasteiger partial charge in [-0.15, -0.1) is 0 Å². The minimum Gasteiger partial charge on any atom is -0.469 e. The maximum atomic E-state index is 11.4. The number of hydrogen-bond acceptors (Lipinski definition) is 3. The quantitative estimate of drug-likeness (QED) is 0.514. The Bertz CT molecular complexity index is 210. The Balaban J connectivity index is 2.76.